The van der Waals surface area contributed by atoms with Gasteiger partial charge in [0, 0.05) is 29.8 Å². The van der Waals surface area contributed by atoms with E-state index >= 15 is 0 Å². The van der Waals surface area contributed by atoms with E-state index in [4.69, 9.17) is 4.74 Å². The predicted octanol–water partition coefficient (Wildman–Crippen LogP) is 2.78. The van der Waals surface area contributed by atoms with Crippen molar-refractivity contribution < 1.29 is 9.53 Å². The number of rotatable bonds is 7. The molecular formula is C18H19N5O2. The van der Waals surface area contributed by atoms with E-state index in [-0.39, 0.29) is 6.61 Å². The van der Waals surface area contributed by atoms with Crippen LogP contribution in [0.4, 0.5) is 0 Å². The number of hydrogen-bond acceptors (Lipinski definition) is 6. The number of pyridine rings is 1. The smallest absolute Gasteiger partial charge is 0.331 e. The van der Waals surface area contributed by atoms with Gasteiger partial charge in [0.2, 0.25) is 0 Å². The Kier molecular flexibility index (Phi) is 5.46. The van der Waals surface area contributed by atoms with Crippen LogP contribution in [0.3, 0.4) is 0 Å². The van der Waals surface area contributed by atoms with E-state index in [0.29, 0.717) is 12.4 Å². The molecule has 0 unspecified atom stereocenters. The zero-order chi connectivity index (χ0) is 17.5. The lowest BCUT2D eigenvalue weighted by Gasteiger charge is -2.04. The monoisotopic (exact) mass is 337 g/mol. The van der Waals surface area contributed by atoms with E-state index in [2.05, 4.69) is 27.4 Å². The third-order valence-electron chi connectivity index (χ3n) is 3.74. The number of unbranched alkanes of at least 4 members (excludes halogenated alkanes) is 1. The molecule has 2 aromatic heterocycles. The number of para-hydroxylation sites is 1. The molecule has 7 heteroatoms. The summed E-state index contributed by atoms with van der Waals surface area (Å²) in [6.07, 6.45) is 6.84. The normalized spacial score (nSPS) is 11.2. The van der Waals surface area contributed by atoms with Crippen LogP contribution in [0, 0.1) is 0 Å². The molecule has 0 radical (unpaired) electrons. The molecule has 1 aromatic carbocycles. The molecule has 0 saturated carbocycles. The van der Waals surface area contributed by atoms with Gasteiger partial charge in [-0.25, -0.2) is 9.48 Å². The van der Waals surface area contributed by atoms with E-state index < -0.39 is 5.97 Å². The van der Waals surface area contributed by atoms with E-state index in [1.807, 2.05) is 30.3 Å². The number of benzene rings is 1. The van der Waals surface area contributed by atoms with E-state index in [1.165, 1.54) is 6.08 Å². The molecule has 25 heavy (non-hydrogen) atoms. The highest BCUT2D eigenvalue weighted by Crippen LogP contribution is 2.17. The third kappa shape index (κ3) is 4.26. The maximum absolute atomic E-state index is 12.0. The minimum atomic E-state index is -0.446. The predicted molar refractivity (Wildman–Crippen MR) is 93.3 cm³/mol. The van der Waals surface area contributed by atoms with Crippen molar-refractivity contribution in [1.29, 1.82) is 0 Å². The number of tetrazole rings is 1. The number of aryl methyl sites for hydroxylation is 1. The summed E-state index contributed by atoms with van der Waals surface area (Å²) in [6, 6.07) is 9.68. The first-order valence-electron chi connectivity index (χ1n) is 8.21. The maximum Gasteiger partial charge on any atom is 0.331 e. The van der Waals surface area contributed by atoms with Crippen LogP contribution in [-0.4, -0.2) is 31.2 Å². The highest BCUT2D eigenvalue weighted by atomic mass is 16.5. The standard InChI is InChI=1S/C18H19N5O2/c1-2-3-12-23-16(20-21-22-23)13-25-17(24)10-9-15-7-4-6-14-8-5-11-19-18(14)15/h4-11H,2-3,12-13H2,1H3/b10-9+. The lowest BCUT2D eigenvalue weighted by molar-refractivity contribution is -0.139. The number of carbonyl (C=O) groups excluding carboxylic acids is 1. The Morgan fingerprint density at radius 3 is 3.04 bits per heavy atom. The molecule has 0 aliphatic carbocycles. The Balaban J connectivity index is 1.62. The molecule has 0 saturated heterocycles. The van der Waals surface area contributed by atoms with Gasteiger partial charge in [-0.2, -0.15) is 0 Å². The summed E-state index contributed by atoms with van der Waals surface area (Å²) < 4.78 is 6.89. The quantitative estimate of drug-likeness (QED) is 0.487. The van der Waals surface area contributed by atoms with Crippen LogP contribution in [-0.2, 0) is 22.7 Å². The summed E-state index contributed by atoms with van der Waals surface area (Å²) in [6.45, 7) is 2.86. The fourth-order valence-electron chi connectivity index (χ4n) is 2.41. The number of esters is 1. The first-order chi connectivity index (χ1) is 12.3. The van der Waals surface area contributed by atoms with Crippen LogP contribution >= 0.6 is 0 Å². The van der Waals surface area contributed by atoms with Crippen molar-refractivity contribution >= 4 is 22.9 Å². The second kappa shape index (κ2) is 8.14. The summed E-state index contributed by atoms with van der Waals surface area (Å²) in [4.78, 5) is 16.3. The fraction of sp³-hybridized carbons (Fsp3) is 0.278. The molecule has 2 heterocycles. The largest absolute Gasteiger partial charge is 0.454 e. The fourth-order valence-corrected chi connectivity index (χ4v) is 2.41. The van der Waals surface area contributed by atoms with Gasteiger partial charge in [-0.15, -0.1) is 5.10 Å². The van der Waals surface area contributed by atoms with Crippen molar-refractivity contribution in [1.82, 2.24) is 25.2 Å². The van der Waals surface area contributed by atoms with Crippen molar-refractivity contribution in [3.05, 3.63) is 54.0 Å². The van der Waals surface area contributed by atoms with Gasteiger partial charge in [-0.05, 0) is 29.0 Å². The molecule has 0 aliphatic rings. The first kappa shape index (κ1) is 16.8. The van der Waals surface area contributed by atoms with Crippen molar-refractivity contribution in [3.63, 3.8) is 0 Å². The summed E-state index contributed by atoms with van der Waals surface area (Å²) in [5, 5.41) is 12.4. The van der Waals surface area contributed by atoms with Gasteiger partial charge in [0.1, 0.15) is 0 Å². The van der Waals surface area contributed by atoms with Crippen LogP contribution < -0.4 is 0 Å². The summed E-state index contributed by atoms with van der Waals surface area (Å²) >= 11 is 0. The van der Waals surface area contributed by atoms with Crippen LogP contribution in [0.25, 0.3) is 17.0 Å². The highest BCUT2D eigenvalue weighted by Gasteiger charge is 2.08. The van der Waals surface area contributed by atoms with Gasteiger partial charge in [-0.3, -0.25) is 4.98 Å². The minimum Gasteiger partial charge on any atom is -0.454 e. The van der Waals surface area contributed by atoms with Gasteiger partial charge >= 0.3 is 5.97 Å². The molecule has 3 rings (SSSR count). The average molecular weight is 337 g/mol. The topological polar surface area (TPSA) is 82.8 Å². The molecule has 0 amide bonds. The second-order valence-electron chi connectivity index (χ2n) is 5.54. The molecule has 0 spiro atoms. The van der Waals surface area contributed by atoms with Crippen molar-refractivity contribution in [2.75, 3.05) is 0 Å². The van der Waals surface area contributed by atoms with E-state index in [1.54, 1.807) is 17.0 Å². The van der Waals surface area contributed by atoms with Crippen molar-refractivity contribution in [3.8, 4) is 0 Å². The Bertz CT molecular complexity index is 883. The molecule has 7 nitrogen and oxygen atoms in total. The lowest BCUT2D eigenvalue weighted by atomic mass is 10.1. The molecule has 128 valence electrons. The summed E-state index contributed by atoms with van der Waals surface area (Å²) in [5.74, 6) is 0.0972. The van der Waals surface area contributed by atoms with Crippen LogP contribution in [0.2, 0.25) is 0 Å². The Hall–Kier alpha value is -3.09. The number of aromatic nitrogens is 5. The lowest BCUT2D eigenvalue weighted by Crippen LogP contribution is -2.09. The maximum atomic E-state index is 12.0. The van der Waals surface area contributed by atoms with Gasteiger partial charge in [-0.1, -0.05) is 37.6 Å². The molecule has 0 atom stereocenters. The summed E-state index contributed by atoms with van der Waals surface area (Å²) in [5.41, 5.74) is 1.71. The Morgan fingerprint density at radius 1 is 1.28 bits per heavy atom. The number of carbonyl (C=O) groups is 1. The molecule has 0 fully saturated rings. The van der Waals surface area contributed by atoms with Crippen molar-refractivity contribution in [2.24, 2.45) is 0 Å². The Labute approximate surface area is 145 Å². The molecule has 0 aliphatic heterocycles. The first-order valence-corrected chi connectivity index (χ1v) is 8.21. The Morgan fingerprint density at radius 2 is 2.16 bits per heavy atom. The van der Waals surface area contributed by atoms with Crippen LogP contribution in [0.1, 0.15) is 31.2 Å². The van der Waals surface area contributed by atoms with Gasteiger partial charge in [0.15, 0.2) is 12.4 Å². The average Bonchev–Trinajstić information content (AvgIpc) is 3.10. The molecular weight excluding hydrogens is 318 g/mol. The number of hydrogen-bond donors (Lipinski definition) is 0. The zero-order valence-corrected chi connectivity index (χ0v) is 14.0. The third-order valence-corrected chi connectivity index (χ3v) is 3.74. The molecule has 0 bridgehead atoms. The number of nitrogens with zero attached hydrogens (tertiary/aromatic N) is 5. The van der Waals surface area contributed by atoms with Gasteiger partial charge in [0.25, 0.3) is 0 Å². The van der Waals surface area contributed by atoms with E-state index in [9.17, 15) is 4.79 Å². The van der Waals surface area contributed by atoms with Gasteiger partial charge in [0.05, 0.1) is 5.52 Å². The van der Waals surface area contributed by atoms with Crippen LogP contribution in [0.15, 0.2) is 42.6 Å². The molecule has 0 N–H and O–H groups in total. The minimum absolute atomic E-state index is 0.0493. The number of fused-ring (bicyclic) bond motifs is 1. The SMILES string of the molecule is CCCCn1nnnc1COC(=O)/C=C/c1cccc2cccnc12. The highest BCUT2D eigenvalue weighted by molar-refractivity contribution is 5.92. The van der Waals surface area contributed by atoms with E-state index in [0.717, 1.165) is 29.3 Å². The summed E-state index contributed by atoms with van der Waals surface area (Å²) in [7, 11) is 0. The van der Waals surface area contributed by atoms with Gasteiger partial charge < -0.3 is 4.74 Å². The zero-order valence-electron chi connectivity index (χ0n) is 14.0. The van der Waals surface area contributed by atoms with Crippen molar-refractivity contribution in [2.45, 2.75) is 32.9 Å². The van der Waals surface area contributed by atoms with Crippen LogP contribution in [0.5, 0.6) is 0 Å². The molecule has 3 aromatic rings. The second-order valence-corrected chi connectivity index (χ2v) is 5.54. The number of ether oxygens (including phenoxy) is 1.